The first-order chi connectivity index (χ1) is 14.9. The predicted octanol–water partition coefficient (Wildman–Crippen LogP) is 4.02. The van der Waals surface area contributed by atoms with Crippen LogP contribution in [0.3, 0.4) is 0 Å². The standard InChI is InChI=1S/C20H18F3N7S/c1-12-24-19(31-28-12)29-10-8-20(23,16(22)11-29)26-18-25-17-15(3-2-9-30(17)27-18)13-4-6-14(21)7-5-13/h2-7,9,16H,8,10-11H2,1H3,(H,26,27). The Labute approximate surface area is 179 Å². The molecule has 160 valence electrons. The van der Waals surface area contributed by atoms with Crippen molar-refractivity contribution in [2.24, 2.45) is 0 Å². The Kier molecular flexibility index (Phi) is 4.77. The van der Waals surface area contributed by atoms with Gasteiger partial charge in [0, 0.05) is 36.3 Å². The lowest BCUT2D eigenvalue weighted by molar-refractivity contribution is 0.0560. The number of nitrogens with zero attached hydrogens (tertiary/aromatic N) is 6. The van der Waals surface area contributed by atoms with E-state index in [0.29, 0.717) is 22.2 Å². The molecule has 0 aliphatic carbocycles. The Morgan fingerprint density at radius 3 is 2.71 bits per heavy atom. The first kappa shape index (κ1) is 19.7. The molecule has 0 amide bonds. The Balaban J connectivity index is 1.39. The fraction of sp³-hybridized carbons (Fsp3) is 0.300. The minimum atomic E-state index is -2.31. The molecule has 0 radical (unpaired) electrons. The molecule has 1 aromatic carbocycles. The molecule has 0 spiro atoms. The number of nitrogens with one attached hydrogen (secondary N) is 1. The summed E-state index contributed by atoms with van der Waals surface area (Å²) in [5.41, 5.74) is 1.90. The SMILES string of the molecule is Cc1nsc(N2CCC(F)(Nc3nc4c(-c5ccc(F)cc5)cccn4n3)C(F)C2)n1. The van der Waals surface area contributed by atoms with Crippen molar-refractivity contribution in [3.05, 3.63) is 54.2 Å². The second kappa shape index (κ2) is 7.49. The average Bonchev–Trinajstić information content (AvgIpc) is 3.36. The van der Waals surface area contributed by atoms with Crippen LogP contribution < -0.4 is 10.2 Å². The van der Waals surface area contributed by atoms with Gasteiger partial charge in [0.2, 0.25) is 16.9 Å². The number of piperidine rings is 1. The molecule has 4 aromatic rings. The van der Waals surface area contributed by atoms with Gasteiger partial charge in [0.25, 0.3) is 0 Å². The number of aryl methyl sites for hydroxylation is 1. The smallest absolute Gasteiger partial charge is 0.245 e. The van der Waals surface area contributed by atoms with E-state index in [0.717, 1.165) is 5.56 Å². The van der Waals surface area contributed by atoms with Gasteiger partial charge in [-0.25, -0.2) is 22.7 Å². The summed E-state index contributed by atoms with van der Waals surface area (Å²) in [6.45, 7) is 1.90. The van der Waals surface area contributed by atoms with Gasteiger partial charge in [0.05, 0.1) is 6.54 Å². The average molecular weight is 445 g/mol. The van der Waals surface area contributed by atoms with Crippen molar-refractivity contribution >= 4 is 28.3 Å². The molecule has 31 heavy (non-hydrogen) atoms. The second-order valence-electron chi connectivity index (χ2n) is 7.41. The molecule has 1 fully saturated rings. The van der Waals surface area contributed by atoms with Gasteiger partial charge in [-0.1, -0.05) is 12.1 Å². The molecule has 7 nitrogen and oxygen atoms in total. The largest absolute Gasteiger partial charge is 0.344 e. The number of halogens is 3. The summed E-state index contributed by atoms with van der Waals surface area (Å²) < 4.78 is 49.2. The van der Waals surface area contributed by atoms with Crippen LogP contribution in [0.25, 0.3) is 16.8 Å². The molecule has 1 N–H and O–H groups in total. The zero-order valence-electron chi connectivity index (χ0n) is 16.5. The molecule has 0 bridgehead atoms. The van der Waals surface area contributed by atoms with Crippen LogP contribution in [0, 0.1) is 12.7 Å². The molecular formula is C20H18F3N7S. The van der Waals surface area contributed by atoms with Crippen molar-refractivity contribution < 1.29 is 13.2 Å². The molecule has 0 saturated carbocycles. The van der Waals surface area contributed by atoms with Gasteiger partial charge in [-0.2, -0.15) is 9.36 Å². The van der Waals surface area contributed by atoms with Crippen molar-refractivity contribution in [3.8, 4) is 11.1 Å². The molecular weight excluding hydrogens is 427 g/mol. The number of aromatic nitrogens is 5. The maximum atomic E-state index is 15.5. The third-order valence-corrected chi connectivity index (χ3v) is 6.12. The molecule has 5 rings (SSSR count). The summed E-state index contributed by atoms with van der Waals surface area (Å²) in [4.78, 5) is 10.3. The van der Waals surface area contributed by atoms with Gasteiger partial charge < -0.3 is 10.2 Å². The Bertz CT molecular complexity index is 1230. The van der Waals surface area contributed by atoms with E-state index < -0.39 is 12.0 Å². The maximum Gasteiger partial charge on any atom is 0.245 e. The van der Waals surface area contributed by atoms with Gasteiger partial charge in [0.1, 0.15) is 11.6 Å². The van der Waals surface area contributed by atoms with Crippen molar-refractivity contribution in [2.45, 2.75) is 25.3 Å². The highest BCUT2D eigenvalue weighted by Gasteiger charge is 2.45. The van der Waals surface area contributed by atoms with Crippen LogP contribution in [0.4, 0.5) is 24.3 Å². The highest BCUT2D eigenvalue weighted by atomic mass is 32.1. The van der Waals surface area contributed by atoms with Crippen molar-refractivity contribution in [1.82, 2.24) is 24.0 Å². The summed E-state index contributed by atoms with van der Waals surface area (Å²) in [5.74, 6) is -2.06. The van der Waals surface area contributed by atoms with Crippen molar-refractivity contribution in [3.63, 3.8) is 0 Å². The summed E-state index contributed by atoms with van der Waals surface area (Å²) in [7, 11) is 0. The van der Waals surface area contributed by atoms with Crippen LogP contribution in [0.1, 0.15) is 12.2 Å². The number of benzene rings is 1. The quantitative estimate of drug-likeness (QED) is 0.479. The lowest BCUT2D eigenvalue weighted by Crippen LogP contribution is -2.55. The van der Waals surface area contributed by atoms with Crippen LogP contribution in [0.5, 0.6) is 0 Å². The first-order valence-corrected chi connectivity index (χ1v) is 10.5. The number of fused-ring (bicyclic) bond motifs is 1. The highest BCUT2D eigenvalue weighted by molar-refractivity contribution is 7.09. The summed E-state index contributed by atoms with van der Waals surface area (Å²) in [5, 5.41) is 7.39. The fourth-order valence-electron chi connectivity index (χ4n) is 3.61. The molecule has 4 heterocycles. The molecule has 3 aromatic heterocycles. The predicted molar refractivity (Wildman–Crippen MR) is 112 cm³/mol. The normalized spacial score (nSPS) is 21.5. The van der Waals surface area contributed by atoms with Crippen LogP contribution >= 0.6 is 11.5 Å². The number of rotatable bonds is 4. The zero-order chi connectivity index (χ0) is 21.6. The van der Waals surface area contributed by atoms with Crippen LogP contribution in [0.2, 0.25) is 0 Å². The number of pyridine rings is 1. The highest BCUT2D eigenvalue weighted by Crippen LogP contribution is 2.33. The minimum absolute atomic E-state index is 0.0140. The summed E-state index contributed by atoms with van der Waals surface area (Å²) >= 11 is 1.17. The van der Waals surface area contributed by atoms with E-state index >= 15 is 4.39 Å². The fourth-order valence-corrected chi connectivity index (χ4v) is 4.32. The zero-order valence-corrected chi connectivity index (χ0v) is 17.3. The van der Waals surface area contributed by atoms with Gasteiger partial charge in [-0.3, -0.25) is 0 Å². The minimum Gasteiger partial charge on any atom is -0.344 e. The van der Waals surface area contributed by atoms with Gasteiger partial charge >= 0.3 is 0 Å². The van der Waals surface area contributed by atoms with Crippen molar-refractivity contribution in [2.75, 3.05) is 23.3 Å². The van der Waals surface area contributed by atoms with Crippen LogP contribution in [0.15, 0.2) is 42.6 Å². The van der Waals surface area contributed by atoms with Gasteiger partial charge in [-0.05, 0) is 36.8 Å². The van der Waals surface area contributed by atoms with Gasteiger partial charge in [0.15, 0.2) is 11.8 Å². The van der Waals surface area contributed by atoms with E-state index in [9.17, 15) is 8.78 Å². The third kappa shape index (κ3) is 3.69. The first-order valence-electron chi connectivity index (χ1n) is 9.69. The van der Waals surface area contributed by atoms with E-state index in [4.69, 9.17) is 0 Å². The van der Waals surface area contributed by atoms with Crippen LogP contribution in [-0.2, 0) is 0 Å². The molecule has 2 atom stereocenters. The number of hydrogen-bond donors (Lipinski definition) is 1. The van der Waals surface area contributed by atoms with E-state index in [1.165, 1.54) is 28.2 Å². The Morgan fingerprint density at radius 2 is 2.00 bits per heavy atom. The maximum absolute atomic E-state index is 15.5. The number of alkyl halides is 2. The Hall–Kier alpha value is -3.21. The van der Waals surface area contributed by atoms with E-state index in [-0.39, 0.29) is 31.3 Å². The van der Waals surface area contributed by atoms with E-state index in [2.05, 4.69) is 24.8 Å². The monoisotopic (exact) mass is 445 g/mol. The lowest BCUT2D eigenvalue weighted by atomic mass is 10.0. The molecule has 1 saturated heterocycles. The van der Waals surface area contributed by atoms with Crippen molar-refractivity contribution in [1.29, 1.82) is 0 Å². The number of anilines is 2. The lowest BCUT2D eigenvalue weighted by Gasteiger charge is -2.38. The molecule has 1 aliphatic rings. The number of hydrogen-bond acceptors (Lipinski definition) is 7. The molecule has 2 unspecified atom stereocenters. The van der Waals surface area contributed by atoms with E-state index in [1.807, 2.05) is 6.07 Å². The van der Waals surface area contributed by atoms with Crippen LogP contribution in [-0.4, -0.2) is 49.0 Å². The topological polar surface area (TPSA) is 71.2 Å². The Morgan fingerprint density at radius 1 is 1.19 bits per heavy atom. The molecule has 11 heteroatoms. The summed E-state index contributed by atoms with van der Waals surface area (Å²) in [6, 6.07) is 9.54. The van der Waals surface area contributed by atoms with E-state index in [1.54, 1.807) is 36.2 Å². The van der Waals surface area contributed by atoms with Gasteiger partial charge in [-0.15, -0.1) is 5.10 Å². The molecule has 1 aliphatic heterocycles. The third-order valence-electron chi connectivity index (χ3n) is 5.25. The second-order valence-corrected chi connectivity index (χ2v) is 8.14. The summed E-state index contributed by atoms with van der Waals surface area (Å²) in [6.07, 6.45) is -0.250.